The molecule has 0 saturated carbocycles. The first-order chi connectivity index (χ1) is 12.3. The number of para-hydroxylation sites is 1. The van der Waals surface area contributed by atoms with Gasteiger partial charge < -0.3 is 15.0 Å². The maximum Gasteiger partial charge on any atom is 0.411 e. The second-order valence-corrected chi connectivity index (χ2v) is 6.43. The summed E-state index contributed by atoms with van der Waals surface area (Å²) in [7, 11) is 0. The van der Waals surface area contributed by atoms with Crippen molar-refractivity contribution in [3.63, 3.8) is 0 Å². The third-order valence-electron chi connectivity index (χ3n) is 4.39. The van der Waals surface area contributed by atoms with E-state index in [-0.39, 0.29) is 25.0 Å². The summed E-state index contributed by atoms with van der Waals surface area (Å²) in [6, 6.07) is 10.4. The second kappa shape index (κ2) is 9.78. The summed E-state index contributed by atoms with van der Waals surface area (Å²) < 4.78 is 40.3. The number of hydrogen-bond donors (Lipinski definition) is 1. The Morgan fingerprint density at radius 2 is 1.85 bits per heavy atom. The first kappa shape index (κ1) is 20.5. The lowest BCUT2D eigenvalue weighted by Crippen LogP contribution is -2.52. The lowest BCUT2D eigenvalue weighted by atomic mass is 10.2. The molecule has 146 valence electrons. The molecule has 0 aliphatic carbocycles. The SMILES string of the molecule is CC(CNC(=O)CCOCC(F)(F)F)N1CCN(c2ccccc2)CC1. The molecular formula is C18H26F3N3O2. The van der Waals surface area contributed by atoms with Crippen LogP contribution < -0.4 is 10.2 Å². The Morgan fingerprint density at radius 1 is 1.19 bits per heavy atom. The summed E-state index contributed by atoms with van der Waals surface area (Å²) in [6.45, 7) is 4.63. The average molecular weight is 373 g/mol. The van der Waals surface area contributed by atoms with Gasteiger partial charge in [-0.25, -0.2) is 0 Å². The Hall–Kier alpha value is -1.80. The molecule has 1 atom stereocenters. The molecule has 0 radical (unpaired) electrons. The molecule has 0 spiro atoms. The number of hydrogen-bond acceptors (Lipinski definition) is 4. The fourth-order valence-electron chi connectivity index (χ4n) is 2.89. The monoisotopic (exact) mass is 373 g/mol. The summed E-state index contributed by atoms with van der Waals surface area (Å²) in [5.74, 6) is -0.290. The summed E-state index contributed by atoms with van der Waals surface area (Å²) in [5, 5.41) is 2.76. The molecule has 1 saturated heterocycles. The number of rotatable bonds is 8. The van der Waals surface area contributed by atoms with Gasteiger partial charge >= 0.3 is 6.18 Å². The van der Waals surface area contributed by atoms with E-state index in [9.17, 15) is 18.0 Å². The van der Waals surface area contributed by atoms with E-state index in [1.54, 1.807) is 0 Å². The van der Waals surface area contributed by atoms with Crippen molar-refractivity contribution in [1.82, 2.24) is 10.2 Å². The summed E-state index contributed by atoms with van der Waals surface area (Å²) in [5.41, 5.74) is 1.21. The fourth-order valence-corrected chi connectivity index (χ4v) is 2.89. The van der Waals surface area contributed by atoms with E-state index in [2.05, 4.69) is 32.0 Å². The number of benzene rings is 1. The third-order valence-corrected chi connectivity index (χ3v) is 4.39. The van der Waals surface area contributed by atoms with Gasteiger partial charge in [-0.2, -0.15) is 13.2 Å². The van der Waals surface area contributed by atoms with Gasteiger partial charge in [0.2, 0.25) is 5.91 Å². The number of ether oxygens (including phenoxy) is 1. The fraction of sp³-hybridized carbons (Fsp3) is 0.611. The quantitative estimate of drug-likeness (QED) is 0.710. The number of carbonyl (C=O) groups excluding carboxylic acids is 1. The molecule has 1 unspecified atom stereocenters. The lowest BCUT2D eigenvalue weighted by Gasteiger charge is -2.39. The van der Waals surface area contributed by atoms with E-state index in [0.717, 1.165) is 26.2 Å². The van der Waals surface area contributed by atoms with Crippen LogP contribution in [-0.4, -0.2) is 69.0 Å². The molecule has 1 aromatic rings. The predicted molar refractivity (Wildman–Crippen MR) is 94.2 cm³/mol. The van der Waals surface area contributed by atoms with Gasteiger partial charge in [0, 0.05) is 50.9 Å². The van der Waals surface area contributed by atoms with Crippen LogP contribution in [0.5, 0.6) is 0 Å². The molecule has 0 aromatic heterocycles. The Balaban J connectivity index is 1.61. The lowest BCUT2D eigenvalue weighted by molar-refractivity contribution is -0.174. The van der Waals surface area contributed by atoms with Crippen molar-refractivity contribution in [2.45, 2.75) is 25.6 Å². The number of carbonyl (C=O) groups is 1. The first-order valence-electron chi connectivity index (χ1n) is 8.80. The van der Waals surface area contributed by atoms with E-state index in [1.165, 1.54) is 5.69 Å². The van der Waals surface area contributed by atoms with Crippen LogP contribution in [-0.2, 0) is 9.53 Å². The smallest absolute Gasteiger partial charge is 0.372 e. The van der Waals surface area contributed by atoms with Crippen molar-refractivity contribution >= 4 is 11.6 Å². The maximum absolute atomic E-state index is 11.9. The highest BCUT2D eigenvalue weighted by Crippen LogP contribution is 2.16. The van der Waals surface area contributed by atoms with Gasteiger partial charge in [-0.05, 0) is 19.1 Å². The van der Waals surface area contributed by atoms with Crippen LogP contribution in [0.4, 0.5) is 18.9 Å². The molecule has 0 bridgehead atoms. The van der Waals surface area contributed by atoms with Gasteiger partial charge in [0.1, 0.15) is 6.61 Å². The van der Waals surface area contributed by atoms with E-state index in [4.69, 9.17) is 0 Å². The van der Waals surface area contributed by atoms with Crippen molar-refractivity contribution in [1.29, 1.82) is 0 Å². The molecular weight excluding hydrogens is 347 g/mol. The Labute approximate surface area is 152 Å². The summed E-state index contributed by atoms with van der Waals surface area (Å²) in [4.78, 5) is 16.3. The highest BCUT2D eigenvalue weighted by Gasteiger charge is 2.27. The molecule has 26 heavy (non-hydrogen) atoms. The van der Waals surface area contributed by atoms with Crippen molar-refractivity contribution < 1.29 is 22.7 Å². The maximum atomic E-state index is 11.9. The number of nitrogens with zero attached hydrogens (tertiary/aromatic N) is 2. The zero-order chi connectivity index (χ0) is 19.0. The highest BCUT2D eigenvalue weighted by atomic mass is 19.4. The number of piperazine rings is 1. The summed E-state index contributed by atoms with van der Waals surface area (Å²) >= 11 is 0. The minimum Gasteiger partial charge on any atom is -0.372 e. The molecule has 8 heteroatoms. The van der Waals surface area contributed by atoms with Gasteiger partial charge in [-0.3, -0.25) is 9.69 Å². The third kappa shape index (κ3) is 7.21. The molecule has 1 amide bonds. The number of nitrogens with one attached hydrogen (secondary N) is 1. The van der Waals surface area contributed by atoms with Crippen LogP contribution in [0.1, 0.15) is 13.3 Å². The number of amides is 1. The first-order valence-corrected chi connectivity index (χ1v) is 8.80. The number of anilines is 1. The van der Waals surface area contributed by atoms with Crippen molar-refractivity contribution in [3.05, 3.63) is 30.3 Å². The van der Waals surface area contributed by atoms with E-state index in [0.29, 0.717) is 6.54 Å². The minimum absolute atomic E-state index is 0.0649. The topological polar surface area (TPSA) is 44.8 Å². The van der Waals surface area contributed by atoms with Crippen LogP contribution in [0.25, 0.3) is 0 Å². The van der Waals surface area contributed by atoms with E-state index >= 15 is 0 Å². The van der Waals surface area contributed by atoms with Crippen molar-refractivity contribution in [2.75, 3.05) is 50.8 Å². The van der Waals surface area contributed by atoms with Gasteiger partial charge in [-0.15, -0.1) is 0 Å². The van der Waals surface area contributed by atoms with Crippen LogP contribution in [0.3, 0.4) is 0 Å². The van der Waals surface area contributed by atoms with Crippen molar-refractivity contribution in [3.8, 4) is 0 Å². The highest BCUT2D eigenvalue weighted by molar-refractivity contribution is 5.75. The minimum atomic E-state index is -4.35. The molecule has 2 rings (SSSR count). The van der Waals surface area contributed by atoms with Crippen LogP contribution in [0, 0.1) is 0 Å². The van der Waals surface area contributed by atoms with Gasteiger partial charge in [-0.1, -0.05) is 18.2 Å². The predicted octanol–water partition coefficient (Wildman–Crippen LogP) is 2.28. The van der Waals surface area contributed by atoms with Gasteiger partial charge in [0.15, 0.2) is 0 Å². The molecule has 1 N–H and O–H groups in total. The zero-order valence-electron chi connectivity index (χ0n) is 15.0. The van der Waals surface area contributed by atoms with Crippen LogP contribution in [0.15, 0.2) is 30.3 Å². The zero-order valence-corrected chi connectivity index (χ0v) is 15.0. The van der Waals surface area contributed by atoms with Gasteiger partial charge in [0.05, 0.1) is 6.61 Å². The summed E-state index contributed by atoms with van der Waals surface area (Å²) in [6.07, 6.45) is -4.42. The molecule has 1 heterocycles. The second-order valence-electron chi connectivity index (χ2n) is 6.43. The standard InChI is InChI=1S/C18H26F3N3O2/c1-15(13-22-17(25)7-12-26-14-18(19,20)21)23-8-10-24(11-9-23)16-5-3-2-4-6-16/h2-6,15H,7-14H2,1H3,(H,22,25). The Bertz CT molecular complexity index is 546. The average Bonchev–Trinajstić information content (AvgIpc) is 2.63. The Kier molecular flexibility index (Phi) is 7.71. The van der Waals surface area contributed by atoms with E-state index in [1.807, 2.05) is 25.1 Å². The molecule has 1 fully saturated rings. The number of alkyl halides is 3. The Morgan fingerprint density at radius 3 is 2.46 bits per heavy atom. The largest absolute Gasteiger partial charge is 0.411 e. The number of halogens is 3. The molecule has 1 aliphatic heterocycles. The molecule has 1 aliphatic rings. The molecule has 1 aromatic carbocycles. The normalized spacial score (nSPS) is 17.2. The van der Waals surface area contributed by atoms with Crippen LogP contribution >= 0.6 is 0 Å². The van der Waals surface area contributed by atoms with E-state index < -0.39 is 12.8 Å². The van der Waals surface area contributed by atoms with Gasteiger partial charge in [0.25, 0.3) is 0 Å². The van der Waals surface area contributed by atoms with Crippen molar-refractivity contribution in [2.24, 2.45) is 0 Å². The molecule has 5 nitrogen and oxygen atoms in total. The van der Waals surface area contributed by atoms with Crippen LogP contribution in [0.2, 0.25) is 0 Å².